The van der Waals surface area contributed by atoms with E-state index in [4.69, 9.17) is 4.74 Å². The molecule has 4 nitrogen and oxygen atoms in total. The van der Waals surface area contributed by atoms with Gasteiger partial charge in [-0.25, -0.2) is 0 Å². The summed E-state index contributed by atoms with van der Waals surface area (Å²) in [7, 11) is 1.54. The van der Waals surface area contributed by atoms with Crippen LogP contribution in [0.3, 0.4) is 0 Å². The van der Waals surface area contributed by atoms with Gasteiger partial charge in [-0.15, -0.1) is 11.3 Å². The normalized spacial score (nSPS) is 22.0. The van der Waals surface area contributed by atoms with Gasteiger partial charge < -0.3 is 15.2 Å². The number of hydrogen-bond acceptors (Lipinski definition) is 4. The largest absolute Gasteiger partial charge is 0.504 e. The number of nitrogens with one attached hydrogen (secondary N) is 1. The van der Waals surface area contributed by atoms with Crippen molar-refractivity contribution >= 4 is 22.2 Å². The van der Waals surface area contributed by atoms with Gasteiger partial charge in [0.05, 0.1) is 12.1 Å². The molecule has 0 unspecified atom stereocenters. The van der Waals surface area contributed by atoms with Gasteiger partial charge in [-0.2, -0.15) is 0 Å². The number of hydrogen-bond donors (Lipinski definition) is 2. The molecule has 2 N–H and O–H groups in total. The van der Waals surface area contributed by atoms with Gasteiger partial charge in [0.15, 0.2) is 11.5 Å². The highest BCUT2D eigenvalue weighted by Crippen LogP contribution is 2.50. The number of aromatic hydroxyl groups is 1. The van der Waals surface area contributed by atoms with Gasteiger partial charge in [0.1, 0.15) is 0 Å². The van der Waals surface area contributed by atoms with Crippen LogP contribution >= 0.6 is 11.3 Å². The summed E-state index contributed by atoms with van der Waals surface area (Å²) in [6.07, 6.45) is 3.77. The molecule has 0 saturated heterocycles. The number of amides is 1. The zero-order valence-corrected chi connectivity index (χ0v) is 17.2. The van der Waals surface area contributed by atoms with E-state index in [1.54, 1.807) is 30.6 Å². The Balaban J connectivity index is 1.76. The molecule has 5 heteroatoms. The van der Waals surface area contributed by atoms with Gasteiger partial charge in [0.2, 0.25) is 5.91 Å². The second-order valence-electron chi connectivity index (χ2n) is 8.79. The first-order valence-electron chi connectivity index (χ1n) is 9.59. The number of phenolic OH excluding ortho intramolecular Hbond substituents is 1. The van der Waals surface area contributed by atoms with Crippen LogP contribution in [0.15, 0.2) is 18.2 Å². The molecule has 27 heavy (non-hydrogen) atoms. The summed E-state index contributed by atoms with van der Waals surface area (Å²) in [4.78, 5) is 13.8. The summed E-state index contributed by atoms with van der Waals surface area (Å²) in [5.74, 6) is 1.30. The first-order chi connectivity index (χ1) is 12.8. The van der Waals surface area contributed by atoms with Crippen LogP contribution in [0.2, 0.25) is 0 Å². The van der Waals surface area contributed by atoms with E-state index in [1.807, 2.05) is 6.07 Å². The van der Waals surface area contributed by atoms with Crippen molar-refractivity contribution in [3.05, 3.63) is 39.8 Å². The Morgan fingerprint density at radius 3 is 2.70 bits per heavy atom. The molecule has 144 valence electrons. The molecule has 0 fully saturated rings. The van der Waals surface area contributed by atoms with E-state index >= 15 is 0 Å². The third kappa shape index (κ3) is 3.22. The molecule has 1 amide bonds. The third-order valence-corrected chi connectivity index (χ3v) is 7.31. The maximum atomic E-state index is 12.4. The van der Waals surface area contributed by atoms with E-state index < -0.39 is 0 Å². The first kappa shape index (κ1) is 18.4. The van der Waals surface area contributed by atoms with Crippen LogP contribution in [0.4, 0.5) is 5.00 Å². The third-order valence-electron chi connectivity index (χ3n) is 6.13. The van der Waals surface area contributed by atoms with Gasteiger partial charge in [0.25, 0.3) is 0 Å². The van der Waals surface area contributed by atoms with Gasteiger partial charge in [-0.05, 0) is 59.4 Å². The number of rotatable bonds is 2. The average Bonchev–Trinajstić information content (AvgIpc) is 2.97. The van der Waals surface area contributed by atoms with E-state index in [2.05, 4.69) is 26.1 Å². The van der Waals surface area contributed by atoms with E-state index in [0.717, 1.165) is 23.4 Å². The molecule has 1 aromatic heterocycles. The van der Waals surface area contributed by atoms with Gasteiger partial charge in [-0.3, -0.25) is 4.79 Å². The molecule has 1 aliphatic heterocycles. The summed E-state index contributed by atoms with van der Waals surface area (Å²) in [5.41, 5.74) is 3.97. The minimum Gasteiger partial charge on any atom is -0.504 e. The number of anilines is 1. The molecule has 1 aliphatic carbocycles. The van der Waals surface area contributed by atoms with Crippen LogP contribution in [-0.4, -0.2) is 18.1 Å². The Kier molecular flexibility index (Phi) is 4.46. The standard InChI is InChI=1S/C22H27NO3S/c1-22(2,3)13-6-7-14-18(10-13)27-21-20(14)15(11-19(25)23-21)12-5-8-17(26-4)16(24)9-12/h5,8-9,13,15,24H,6-7,10-11H2,1-4H3,(H,23,25)/t13-,15+/m0/s1. The molecule has 2 atom stereocenters. The predicted octanol–water partition coefficient (Wildman–Crippen LogP) is 5.09. The molecule has 1 aromatic carbocycles. The first-order valence-corrected chi connectivity index (χ1v) is 10.4. The van der Waals surface area contributed by atoms with E-state index in [0.29, 0.717) is 23.5 Å². The van der Waals surface area contributed by atoms with E-state index in [1.165, 1.54) is 22.4 Å². The minimum atomic E-state index is -0.00302. The lowest BCUT2D eigenvalue weighted by Crippen LogP contribution is -2.27. The van der Waals surface area contributed by atoms with Crippen LogP contribution in [0.5, 0.6) is 11.5 Å². The highest BCUT2D eigenvalue weighted by atomic mass is 32.1. The number of methoxy groups -OCH3 is 1. The van der Waals surface area contributed by atoms with Crippen molar-refractivity contribution in [2.24, 2.45) is 11.3 Å². The summed E-state index contributed by atoms with van der Waals surface area (Å²) < 4.78 is 5.17. The van der Waals surface area contributed by atoms with Crippen LogP contribution in [-0.2, 0) is 17.6 Å². The Labute approximate surface area is 164 Å². The average molecular weight is 386 g/mol. The molecule has 4 rings (SSSR count). The highest BCUT2D eigenvalue weighted by molar-refractivity contribution is 7.16. The number of benzene rings is 1. The molecule has 0 spiro atoms. The lowest BCUT2D eigenvalue weighted by Gasteiger charge is -2.34. The lowest BCUT2D eigenvalue weighted by molar-refractivity contribution is -0.116. The number of phenols is 1. The highest BCUT2D eigenvalue weighted by Gasteiger charge is 2.37. The van der Waals surface area contributed by atoms with Crippen molar-refractivity contribution in [3.8, 4) is 11.5 Å². The second kappa shape index (κ2) is 6.55. The Hall–Kier alpha value is -2.01. The van der Waals surface area contributed by atoms with Gasteiger partial charge in [0, 0.05) is 17.2 Å². The topological polar surface area (TPSA) is 58.6 Å². The zero-order valence-electron chi connectivity index (χ0n) is 16.4. The fraction of sp³-hybridized carbons (Fsp3) is 0.500. The number of carbonyl (C=O) groups is 1. The molecule has 2 aromatic rings. The Morgan fingerprint density at radius 1 is 1.26 bits per heavy atom. The number of ether oxygens (including phenoxy) is 1. The smallest absolute Gasteiger partial charge is 0.225 e. The van der Waals surface area contributed by atoms with Crippen LogP contribution in [0.1, 0.15) is 61.1 Å². The molecule has 0 saturated carbocycles. The molecular weight excluding hydrogens is 358 g/mol. The Bertz CT molecular complexity index is 894. The monoisotopic (exact) mass is 385 g/mol. The second-order valence-corrected chi connectivity index (χ2v) is 9.89. The molecule has 0 radical (unpaired) electrons. The molecule has 2 aliphatic rings. The van der Waals surface area contributed by atoms with E-state index in [9.17, 15) is 9.90 Å². The van der Waals surface area contributed by atoms with Crippen molar-refractivity contribution in [2.45, 2.75) is 52.4 Å². The van der Waals surface area contributed by atoms with Gasteiger partial charge >= 0.3 is 0 Å². The molecule has 0 bridgehead atoms. The number of fused-ring (bicyclic) bond motifs is 3. The maximum Gasteiger partial charge on any atom is 0.225 e. The minimum absolute atomic E-state index is 0.00302. The van der Waals surface area contributed by atoms with E-state index in [-0.39, 0.29) is 17.6 Å². The fourth-order valence-electron chi connectivity index (χ4n) is 4.48. The van der Waals surface area contributed by atoms with Crippen molar-refractivity contribution in [3.63, 3.8) is 0 Å². The lowest BCUT2D eigenvalue weighted by atomic mass is 9.71. The Morgan fingerprint density at radius 2 is 2.04 bits per heavy atom. The number of thiophene rings is 1. The number of carbonyl (C=O) groups excluding carboxylic acids is 1. The summed E-state index contributed by atoms with van der Waals surface area (Å²) in [5, 5.41) is 14.3. The van der Waals surface area contributed by atoms with Crippen molar-refractivity contribution in [2.75, 3.05) is 12.4 Å². The fourth-order valence-corrected chi connectivity index (χ4v) is 5.89. The molecule has 2 heterocycles. The molecular formula is C22H27NO3S. The van der Waals surface area contributed by atoms with Crippen LogP contribution in [0, 0.1) is 11.3 Å². The predicted molar refractivity (Wildman–Crippen MR) is 109 cm³/mol. The zero-order chi connectivity index (χ0) is 19.3. The van der Waals surface area contributed by atoms with Crippen molar-refractivity contribution in [1.82, 2.24) is 0 Å². The quantitative estimate of drug-likeness (QED) is 0.757. The van der Waals surface area contributed by atoms with Crippen LogP contribution < -0.4 is 10.1 Å². The SMILES string of the molecule is COc1ccc([C@H]2CC(=O)Nc3sc4c(c32)CC[C@H](C(C)(C)C)C4)cc1O. The summed E-state index contributed by atoms with van der Waals surface area (Å²) in [6, 6.07) is 5.50. The van der Waals surface area contributed by atoms with Crippen molar-refractivity contribution < 1.29 is 14.6 Å². The summed E-state index contributed by atoms with van der Waals surface area (Å²) >= 11 is 1.75. The van der Waals surface area contributed by atoms with Crippen molar-refractivity contribution in [1.29, 1.82) is 0 Å². The summed E-state index contributed by atoms with van der Waals surface area (Å²) in [6.45, 7) is 6.96. The van der Waals surface area contributed by atoms with Gasteiger partial charge in [-0.1, -0.05) is 26.8 Å². The van der Waals surface area contributed by atoms with Crippen LogP contribution in [0.25, 0.3) is 0 Å². The maximum absolute atomic E-state index is 12.4.